The van der Waals surface area contributed by atoms with Gasteiger partial charge in [-0.25, -0.2) is 9.78 Å². The van der Waals surface area contributed by atoms with Crippen molar-refractivity contribution in [1.82, 2.24) is 25.4 Å². The van der Waals surface area contributed by atoms with E-state index in [2.05, 4.69) is 42.7 Å². The molecule has 2 aliphatic rings. The maximum Gasteiger partial charge on any atom is 0.320 e. The maximum absolute atomic E-state index is 12.1. The van der Waals surface area contributed by atoms with Crippen LogP contribution in [0.5, 0.6) is 0 Å². The fourth-order valence-electron chi connectivity index (χ4n) is 3.37. The zero-order valence-electron chi connectivity index (χ0n) is 14.3. The number of aromatic amines is 1. The van der Waals surface area contributed by atoms with Gasteiger partial charge in [-0.1, -0.05) is 0 Å². The summed E-state index contributed by atoms with van der Waals surface area (Å²) in [4.78, 5) is 20.9. The number of rotatable bonds is 3. The zero-order valence-corrected chi connectivity index (χ0v) is 14.3. The standard InChI is InChI=1S/C16H23N7O2/c1-22-3-2-11(10-22)18-16(24)19-14-8-13-12(9-17-14)15(21-20-13)23-4-6-25-7-5-23/h8-9,11H,2-7,10H2,1H3,(H,20,21)(H2,17,18,19,24). The van der Waals surface area contributed by atoms with E-state index < -0.39 is 0 Å². The number of aromatic nitrogens is 3. The van der Waals surface area contributed by atoms with E-state index in [1.54, 1.807) is 6.20 Å². The molecular weight excluding hydrogens is 322 g/mol. The molecule has 0 aromatic carbocycles. The van der Waals surface area contributed by atoms with Gasteiger partial charge in [-0.05, 0) is 20.0 Å². The highest BCUT2D eigenvalue weighted by atomic mass is 16.5. The second-order valence-corrected chi connectivity index (χ2v) is 6.61. The van der Waals surface area contributed by atoms with E-state index in [-0.39, 0.29) is 12.1 Å². The minimum absolute atomic E-state index is 0.189. The van der Waals surface area contributed by atoms with Gasteiger partial charge in [-0.15, -0.1) is 0 Å². The van der Waals surface area contributed by atoms with Crippen molar-refractivity contribution in [3.8, 4) is 0 Å². The summed E-state index contributed by atoms with van der Waals surface area (Å²) in [5.41, 5.74) is 0.854. The first-order valence-electron chi connectivity index (χ1n) is 8.62. The van der Waals surface area contributed by atoms with Crippen molar-refractivity contribution in [1.29, 1.82) is 0 Å². The minimum Gasteiger partial charge on any atom is -0.378 e. The summed E-state index contributed by atoms with van der Waals surface area (Å²) >= 11 is 0. The molecule has 25 heavy (non-hydrogen) atoms. The maximum atomic E-state index is 12.1. The van der Waals surface area contributed by atoms with E-state index >= 15 is 0 Å². The molecule has 4 heterocycles. The summed E-state index contributed by atoms with van der Waals surface area (Å²) in [5.74, 6) is 1.39. The molecule has 2 amide bonds. The largest absolute Gasteiger partial charge is 0.378 e. The molecule has 0 radical (unpaired) electrons. The van der Waals surface area contributed by atoms with E-state index in [9.17, 15) is 4.79 Å². The average molecular weight is 345 g/mol. The third-order valence-corrected chi connectivity index (χ3v) is 4.71. The van der Waals surface area contributed by atoms with Crippen molar-refractivity contribution in [3.05, 3.63) is 12.3 Å². The van der Waals surface area contributed by atoms with E-state index in [4.69, 9.17) is 4.74 Å². The number of likely N-dealkylation sites (tertiary alicyclic amines) is 1. The van der Waals surface area contributed by atoms with E-state index in [0.717, 1.165) is 49.3 Å². The molecule has 1 atom stereocenters. The van der Waals surface area contributed by atoms with Crippen molar-refractivity contribution in [3.63, 3.8) is 0 Å². The molecule has 1 unspecified atom stereocenters. The van der Waals surface area contributed by atoms with E-state index in [0.29, 0.717) is 19.0 Å². The molecule has 4 rings (SSSR count). The van der Waals surface area contributed by atoms with Gasteiger partial charge in [0.1, 0.15) is 5.82 Å². The van der Waals surface area contributed by atoms with Gasteiger partial charge in [0.15, 0.2) is 5.82 Å². The molecule has 2 aliphatic heterocycles. The molecule has 2 aromatic heterocycles. The second-order valence-electron chi connectivity index (χ2n) is 6.61. The van der Waals surface area contributed by atoms with Crippen molar-refractivity contribution in [2.45, 2.75) is 12.5 Å². The predicted molar refractivity (Wildman–Crippen MR) is 95.0 cm³/mol. The fourth-order valence-corrected chi connectivity index (χ4v) is 3.37. The van der Waals surface area contributed by atoms with Crippen LogP contribution in [0, 0.1) is 0 Å². The first-order chi connectivity index (χ1) is 12.2. The summed E-state index contributed by atoms with van der Waals surface area (Å²) in [6.45, 7) is 4.93. The number of hydrogen-bond donors (Lipinski definition) is 3. The Kier molecular flexibility index (Phi) is 4.41. The summed E-state index contributed by atoms with van der Waals surface area (Å²) in [5, 5.41) is 14.2. The number of fused-ring (bicyclic) bond motifs is 1. The summed E-state index contributed by atoms with van der Waals surface area (Å²) < 4.78 is 5.38. The normalized spacial score (nSPS) is 21.6. The smallest absolute Gasteiger partial charge is 0.320 e. The quantitative estimate of drug-likeness (QED) is 0.754. The lowest BCUT2D eigenvalue weighted by molar-refractivity contribution is 0.122. The van der Waals surface area contributed by atoms with Gasteiger partial charge in [0, 0.05) is 37.9 Å². The highest BCUT2D eigenvalue weighted by molar-refractivity contribution is 5.94. The first kappa shape index (κ1) is 16.1. The Hall–Kier alpha value is -2.39. The lowest BCUT2D eigenvalue weighted by atomic mass is 10.2. The van der Waals surface area contributed by atoms with Gasteiger partial charge in [0.25, 0.3) is 0 Å². The second kappa shape index (κ2) is 6.85. The van der Waals surface area contributed by atoms with Gasteiger partial charge in [-0.3, -0.25) is 10.4 Å². The van der Waals surface area contributed by atoms with Crippen molar-refractivity contribution in [2.75, 3.05) is 56.7 Å². The number of amides is 2. The Morgan fingerprint density at radius 1 is 1.36 bits per heavy atom. The molecule has 0 bridgehead atoms. The van der Waals surface area contributed by atoms with Crippen LogP contribution in [0.2, 0.25) is 0 Å². The Morgan fingerprint density at radius 3 is 2.96 bits per heavy atom. The van der Waals surface area contributed by atoms with Gasteiger partial charge in [0.2, 0.25) is 0 Å². The molecular formula is C16H23N7O2. The van der Waals surface area contributed by atoms with E-state index in [1.165, 1.54) is 0 Å². The number of morpholine rings is 1. The third-order valence-electron chi connectivity index (χ3n) is 4.71. The molecule has 0 aliphatic carbocycles. The summed E-state index contributed by atoms with van der Waals surface area (Å²) in [7, 11) is 2.05. The number of likely N-dealkylation sites (N-methyl/N-ethyl adjacent to an activating group) is 1. The first-order valence-corrected chi connectivity index (χ1v) is 8.62. The predicted octanol–water partition coefficient (Wildman–Crippen LogP) is 0.620. The monoisotopic (exact) mass is 345 g/mol. The van der Waals surface area contributed by atoms with Crippen molar-refractivity contribution in [2.24, 2.45) is 0 Å². The van der Waals surface area contributed by atoms with E-state index in [1.807, 2.05) is 6.07 Å². The average Bonchev–Trinajstić information content (AvgIpc) is 3.21. The number of pyridine rings is 1. The third kappa shape index (κ3) is 3.52. The number of hydrogen-bond acceptors (Lipinski definition) is 6. The van der Waals surface area contributed by atoms with Crippen LogP contribution >= 0.6 is 0 Å². The number of urea groups is 1. The fraction of sp³-hybridized carbons (Fsp3) is 0.562. The Labute approximate surface area is 145 Å². The number of carbonyl (C=O) groups is 1. The van der Waals surface area contributed by atoms with Crippen LogP contribution in [0.15, 0.2) is 12.3 Å². The van der Waals surface area contributed by atoms with Gasteiger partial charge in [-0.2, -0.15) is 5.10 Å². The highest BCUT2D eigenvalue weighted by Gasteiger charge is 2.21. The van der Waals surface area contributed by atoms with Crippen LogP contribution in [0.1, 0.15) is 6.42 Å². The molecule has 0 spiro atoms. The summed E-state index contributed by atoms with van der Waals surface area (Å²) in [6, 6.07) is 1.78. The van der Waals surface area contributed by atoms with Crippen LogP contribution < -0.4 is 15.5 Å². The minimum atomic E-state index is -0.222. The molecule has 2 saturated heterocycles. The van der Waals surface area contributed by atoms with Crippen molar-refractivity contribution >= 4 is 28.6 Å². The lowest BCUT2D eigenvalue weighted by Gasteiger charge is -2.26. The number of nitrogens with one attached hydrogen (secondary N) is 3. The number of anilines is 2. The lowest BCUT2D eigenvalue weighted by Crippen LogP contribution is -2.39. The van der Waals surface area contributed by atoms with Crippen LogP contribution in [0.4, 0.5) is 16.4 Å². The van der Waals surface area contributed by atoms with Crippen LogP contribution in [-0.4, -0.2) is 78.6 Å². The van der Waals surface area contributed by atoms with Crippen molar-refractivity contribution < 1.29 is 9.53 Å². The number of ether oxygens (including phenoxy) is 1. The van der Waals surface area contributed by atoms with Gasteiger partial charge >= 0.3 is 6.03 Å². The number of nitrogens with zero attached hydrogens (tertiary/aromatic N) is 4. The molecule has 9 heteroatoms. The van der Waals surface area contributed by atoms with Gasteiger partial charge in [0.05, 0.1) is 24.1 Å². The van der Waals surface area contributed by atoms with Gasteiger partial charge < -0.3 is 19.9 Å². The Morgan fingerprint density at radius 2 is 2.20 bits per heavy atom. The van der Waals surface area contributed by atoms with Crippen LogP contribution in [0.25, 0.3) is 10.9 Å². The Bertz CT molecular complexity index is 756. The molecule has 2 fully saturated rings. The number of carbonyl (C=O) groups excluding carboxylic acids is 1. The molecule has 2 aromatic rings. The molecule has 0 saturated carbocycles. The zero-order chi connectivity index (χ0) is 17.2. The summed E-state index contributed by atoms with van der Waals surface area (Å²) in [6.07, 6.45) is 2.72. The number of H-pyrrole nitrogens is 1. The molecule has 9 nitrogen and oxygen atoms in total. The SMILES string of the molecule is CN1CCC(NC(=O)Nc2cc3[nH]nc(N4CCOCC4)c3cn2)C1. The van der Waals surface area contributed by atoms with Crippen LogP contribution in [-0.2, 0) is 4.74 Å². The molecule has 3 N–H and O–H groups in total. The highest BCUT2D eigenvalue weighted by Crippen LogP contribution is 2.25. The Balaban J connectivity index is 1.43. The van der Waals surface area contributed by atoms with Crippen LogP contribution in [0.3, 0.4) is 0 Å². The topological polar surface area (TPSA) is 98.4 Å². The molecule has 134 valence electrons.